The lowest BCUT2D eigenvalue weighted by molar-refractivity contribution is 0.0851. The Morgan fingerprint density at radius 3 is 2.59 bits per heavy atom. The number of nitrogens with one attached hydrogen (secondary N) is 2. The van der Waals surface area contributed by atoms with Crippen LogP contribution in [0.3, 0.4) is 0 Å². The van der Waals surface area contributed by atoms with E-state index in [1.54, 1.807) is 19.9 Å². The van der Waals surface area contributed by atoms with Crippen molar-refractivity contribution in [1.29, 1.82) is 0 Å². The average Bonchev–Trinajstić information content (AvgIpc) is 2.47. The molecule has 1 aromatic heterocycles. The SMILES string of the molecule is Cc1cc(C(=O)NC(C)C(O)Cc2ccccc2)cc(=O)[nH]1. The number of benzene rings is 1. The number of hydrogen-bond donors (Lipinski definition) is 3. The number of pyridine rings is 1. The van der Waals surface area contributed by atoms with E-state index in [0.29, 0.717) is 17.7 Å². The standard InChI is InChI=1S/C17H20N2O3/c1-11-8-14(10-16(21)18-11)17(22)19-12(2)15(20)9-13-6-4-3-5-7-13/h3-8,10,12,15,20H,9H2,1-2H3,(H,18,21)(H,19,22). The van der Waals surface area contributed by atoms with Crippen molar-refractivity contribution in [3.63, 3.8) is 0 Å². The Labute approximate surface area is 129 Å². The fourth-order valence-corrected chi connectivity index (χ4v) is 2.23. The monoisotopic (exact) mass is 300 g/mol. The molecule has 5 heteroatoms. The van der Waals surface area contributed by atoms with Gasteiger partial charge in [0.1, 0.15) is 0 Å². The summed E-state index contributed by atoms with van der Waals surface area (Å²) in [7, 11) is 0. The summed E-state index contributed by atoms with van der Waals surface area (Å²) in [5.41, 5.74) is 1.60. The van der Waals surface area contributed by atoms with E-state index in [9.17, 15) is 14.7 Å². The summed E-state index contributed by atoms with van der Waals surface area (Å²) in [6, 6.07) is 12.0. The van der Waals surface area contributed by atoms with Gasteiger partial charge in [0.2, 0.25) is 5.56 Å². The first-order chi connectivity index (χ1) is 10.5. The fraction of sp³-hybridized carbons (Fsp3) is 0.294. The van der Waals surface area contributed by atoms with Crippen molar-refractivity contribution in [3.05, 3.63) is 69.6 Å². The molecule has 0 bridgehead atoms. The van der Waals surface area contributed by atoms with Crippen LogP contribution in [0.1, 0.15) is 28.5 Å². The smallest absolute Gasteiger partial charge is 0.251 e. The molecule has 0 spiro atoms. The van der Waals surface area contributed by atoms with Crippen molar-refractivity contribution >= 4 is 5.91 Å². The van der Waals surface area contributed by atoms with Crippen LogP contribution in [0.5, 0.6) is 0 Å². The molecule has 22 heavy (non-hydrogen) atoms. The van der Waals surface area contributed by atoms with Crippen LogP contribution in [0, 0.1) is 6.92 Å². The third kappa shape index (κ3) is 4.30. The maximum Gasteiger partial charge on any atom is 0.251 e. The normalized spacial score (nSPS) is 13.4. The second kappa shape index (κ2) is 7.04. The van der Waals surface area contributed by atoms with Crippen molar-refractivity contribution < 1.29 is 9.90 Å². The Morgan fingerprint density at radius 1 is 1.27 bits per heavy atom. The van der Waals surface area contributed by atoms with Crippen molar-refractivity contribution in [1.82, 2.24) is 10.3 Å². The van der Waals surface area contributed by atoms with Crippen LogP contribution in [0.15, 0.2) is 47.3 Å². The molecule has 0 aliphatic carbocycles. The van der Waals surface area contributed by atoms with Gasteiger partial charge in [-0.15, -0.1) is 0 Å². The van der Waals surface area contributed by atoms with Crippen molar-refractivity contribution in [2.75, 3.05) is 0 Å². The second-order valence-electron chi connectivity index (χ2n) is 5.44. The Balaban J connectivity index is 2.00. The molecule has 1 aromatic carbocycles. The van der Waals surface area contributed by atoms with E-state index in [4.69, 9.17) is 0 Å². The van der Waals surface area contributed by atoms with E-state index in [-0.39, 0.29) is 11.5 Å². The molecular formula is C17H20N2O3. The number of aliphatic hydroxyl groups is 1. The summed E-state index contributed by atoms with van der Waals surface area (Å²) in [6.45, 7) is 3.46. The van der Waals surface area contributed by atoms with Gasteiger partial charge in [-0.25, -0.2) is 0 Å². The number of aromatic amines is 1. The molecule has 0 fully saturated rings. The molecule has 3 N–H and O–H groups in total. The third-order valence-electron chi connectivity index (χ3n) is 3.46. The highest BCUT2D eigenvalue weighted by atomic mass is 16.3. The highest BCUT2D eigenvalue weighted by Crippen LogP contribution is 2.07. The van der Waals surface area contributed by atoms with Crippen LogP contribution in [0.25, 0.3) is 0 Å². The molecule has 1 heterocycles. The topological polar surface area (TPSA) is 82.2 Å². The number of hydrogen-bond acceptors (Lipinski definition) is 3. The zero-order valence-corrected chi connectivity index (χ0v) is 12.7. The molecule has 2 rings (SSSR count). The van der Waals surface area contributed by atoms with E-state index in [1.165, 1.54) is 6.07 Å². The van der Waals surface area contributed by atoms with Crippen LogP contribution in [0.2, 0.25) is 0 Å². The first kappa shape index (κ1) is 16.0. The molecule has 5 nitrogen and oxygen atoms in total. The Kier molecular flexibility index (Phi) is 5.12. The molecule has 2 unspecified atom stereocenters. The van der Waals surface area contributed by atoms with Gasteiger partial charge in [-0.05, 0) is 25.5 Å². The summed E-state index contributed by atoms with van der Waals surface area (Å²) in [5.74, 6) is -0.367. The number of carbonyl (C=O) groups excluding carboxylic acids is 1. The zero-order chi connectivity index (χ0) is 16.1. The predicted molar refractivity (Wildman–Crippen MR) is 84.9 cm³/mol. The van der Waals surface area contributed by atoms with Gasteiger partial charge in [-0.2, -0.15) is 0 Å². The Morgan fingerprint density at radius 2 is 1.95 bits per heavy atom. The van der Waals surface area contributed by atoms with Crippen molar-refractivity contribution in [3.8, 4) is 0 Å². The quantitative estimate of drug-likeness (QED) is 0.780. The summed E-state index contributed by atoms with van der Waals surface area (Å²) in [4.78, 5) is 26.1. The van der Waals surface area contributed by atoms with E-state index < -0.39 is 12.1 Å². The highest BCUT2D eigenvalue weighted by Gasteiger charge is 2.18. The maximum atomic E-state index is 12.1. The highest BCUT2D eigenvalue weighted by molar-refractivity contribution is 5.94. The Bertz CT molecular complexity index is 695. The van der Waals surface area contributed by atoms with Gasteiger partial charge in [-0.3, -0.25) is 9.59 Å². The summed E-state index contributed by atoms with van der Waals surface area (Å²) in [6.07, 6.45) is -0.245. The van der Waals surface area contributed by atoms with Gasteiger partial charge in [0.25, 0.3) is 5.91 Å². The third-order valence-corrected chi connectivity index (χ3v) is 3.46. The van der Waals surface area contributed by atoms with E-state index >= 15 is 0 Å². The molecule has 0 saturated carbocycles. The number of aliphatic hydroxyl groups excluding tert-OH is 1. The summed E-state index contributed by atoms with van der Waals surface area (Å²) >= 11 is 0. The van der Waals surface area contributed by atoms with Gasteiger partial charge in [0.15, 0.2) is 0 Å². The van der Waals surface area contributed by atoms with E-state index in [2.05, 4.69) is 10.3 Å². The van der Waals surface area contributed by atoms with Crippen LogP contribution in [0.4, 0.5) is 0 Å². The first-order valence-electron chi connectivity index (χ1n) is 7.19. The van der Waals surface area contributed by atoms with Crippen LogP contribution in [-0.2, 0) is 6.42 Å². The molecule has 116 valence electrons. The van der Waals surface area contributed by atoms with Gasteiger partial charge >= 0.3 is 0 Å². The number of amides is 1. The molecule has 0 aliphatic heterocycles. The number of rotatable bonds is 5. The predicted octanol–water partition coefficient (Wildman–Crippen LogP) is 1.41. The van der Waals surface area contributed by atoms with Gasteiger partial charge < -0.3 is 15.4 Å². The van der Waals surface area contributed by atoms with Crippen LogP contribution < -0.4 is 10.9 Å². The molecule has 2 atom stereocenters. The van der Waals surface area contributed by atoms with Gasteiger partial charge in [-0.1, -0.05) is 30.3 Å². The van der Waals surface area contributed by atoms with Crippen molar-refractivity contribution in [2.24, 2.45) is 0 Å². The second-order valence-corrected chi connectivity index (χ2v) is 5.44. The lowest BCUT2D eigenvalue weighted by Crippen LogP contribution is -2.42. The lowest BCUT2D eigenvalue weighted by Gasteiger charge is -2.20. The number of aryl methyl sites for hydroxylation is 1. The minimum Gasteiger partial charge on any atom is -0.391 e. The summed E-state index contributed by atoms with van der Waals surface area (Å²) in [5, 5.41) is 12.9. The minimum atomic E-state index is -0.700. The Hall–Kier alpha value is -2.40. The van der Waals surface area contributed by atoms with Crippen LogP contribution in [-0.4, -0.2) is 28.1 Å². The molecule has 0 radical (unpaired) electrons. The van der Waals surface area contributed by atoms with E-state index in [1.807, 2.05) is 30.3 Å². The van der Waals surface area contributed by atoms with E-state index in [0.717, 1.165) is 5.56 Å². The fourth-order valence-electron chi connectivity index (χ4n) is 2.23. The average molecular weight is 300 g/mol. The molecule has 1 amide bonds. The zero-order valence-electron chi connectivity index (χ0n) is 12.7. The number of H-pyrrole nitrogens is 1. The van der Waals surface area contributed by atoms with Crippen molar-refractivity contribution in [2.45, 2.75) is 32.4 Å². The molecule has 2 aromatic rings. The molecule has 0 saturated heterocycles. The lowest BCUT2D eigenvalue weighted by atomic mass is 10.0. The first-order valence-corrected chi connectivity index (χ1v) is 7.19. The van der Waals surface area contributed by atoms with Crippen LogP contribution >= 0.6 is 0 Å². The molecular weight excluding hydrogens is 280 g/mol. The molecule has 0 aliphatic rings. The number of aromatic nitrogens is 1. The minimum absolute atomic E-state index is 0.292. The summed E-state index contributed by atoms with van der Waals surface area (Å²) < 4.78 is 0. The largest absolute Gasteiger partial charge is 0.391 e. The maximum absolute atomic E-state index is 12.1. The van der Waals surface area contributed by atoms with Gasteiger partial charge in [0, 0.05) is 23.7 Å². The van der Waals surface area contributed by atoms with Gasteiger partial charge in [0.05, 0.1) is 12.1 Å². The number of carbonyl (C=O) groups is 1.